The van der Waals surface area contributed by atoms with Crippen LogP contribution in [0.5, 0.6) is 5.75 Å². The van der Waals surface area contributed by atoms with E-state index in [1.54, 1.807) is 7.11 Å². The third-order valence-corrected chi connectivity index (χ3v) is 3.11. The zero-order valence-corrected chi connectivity index (χ0v) is 12.1. The average Bonchev–Trinajstić information content (AvgIpc) is 2.35. The molecule has 0 spiro atoms. The number of benzene rings is 1. The normalized spacial score (nSPS) is 12.8. The molecule has 0 radical (unpaired) electrons. The van der Waals surface area contributed by atoms with Crippen LogP contribution in [-0.2, 0) is 12.8 Å². The highest BCUT2D eigenvalue weighted by molar-refractivity contribution is 5.37. The Bertz CT molecular complexity index is 364. The fourth-order valence-corrected chi connectivity index (χ4v) is 2.17. The summed E-state index contributed by atoms with van der Waals surface area (Å²) in [4.78, 5) is 2.28. The lowest BCUT2D eigenvalue weighted by Gasteiger charge is -2.19. The molecule has 0 saturated carbocycles. The van der Waals surface area contributed by atoms with Crippen LogP contribution >= 0.6 is 0 Å². The lowest BCUT2D eigenvalue weighted by Crippen LogP contribution is -2.34. The van der Waals surface area contributed by atoms with Gasteiger partial charge in [0.25, 0.3) is 0 Å². The predicted octanol–water partition coefficient (Wildman–Crippen LogP) is 2.08. The summed E-state index contributed by atoms with van der Waals surface area (Å²) in [7, 11) is 3.85. The molecular formula is C15H26N2O. The summed E-state index contributed by atoms with van der Waals surface area (Å²) in [5.74, 6) is 0.991. The Morgan fingerprint density at radius 3 is 2.67 bits per heavy atom. The molecule has 0 aliphatic carbocycles. The van der Waals surface area contributed by atoms with E-state index >= 15 is 0 Å². The Hall–Kier alpha value is -1.06. The van der Waals surface area contributed by atoms with Crippen LogP contribution in [0.2, 0.25) is 0 Å². The van der Waals surface area contributed by atoms with Crippen molar-refractivity contribution in [1.82, 2.24) is 4.90 Å². The molecule has 0 amide bonds. The van der Waals surface area contributed by atoms with Crippen molar-refractivity contribution >= 4 is 0 Å². The fourth-order valence-electron chi connectivity index (χ4n) is 2.17. The second-order valence-electron chi connectivity index (χ2n) is 4.99. The largest absolute Gasteiger partial charge is 0.496 e. The van der Waals surface area contributed by atoms with Gasteiger partial charge in [-0.3, -0.25) is 0 Å². The maximum absolute atomic E-state index is 5.79. The zero-order chi connectivity index (χ0) is 13.5. The van der Waals surface area contributed by atoms with E-state index in [2.05, 4.69) is 37.1 Å². The van der Waals surface area contributed by atoms with Crippen LogP contribution in [-0.4, -0.2) is 38.2 Å². The topological polar surface area (TPSA) is 38.5 Å². The summed E-state index contributed by atoms with van der Waals surface area (Å²) in [5.41, 5.74) is 8.43. The Morgan fingerprint density at radius 1 is 1.39 bits per heavy atom. The minimum atomic E-state index is 0.233. The highest BCUT2D eigenvalue weighted by Gasteiger charge is 2.05. The van der Waals surface area contributed by atoms with Gasteiger partial charge in [0, 0.05) is 19.1 Å². The molecule has 1 rings (SSSR count). The van der Waals surface area contributed by atoms with Crippen molar-refractivity contribution < 1.29 is 4.74 Å². The zero-order valence-electron chi connectivity index (χ0n) is 12.1. The number of likely N-dealkylation sites (N-methyl/N-ethyl adjacent to an activating group) is 1. The molecule has 1 aromatic carbocycles. The van der Waals surface area contributed by atoms with Gasteiger partial charge in [0.2, 0.25) is 0 Å². The maximum atomic E-state index is 5.79. The summed E-state index contributed by atoms with van der Waals surface area (Å²) in [6.07, 6.45) is 2.06. The van der Waals surface area contributed by atoms with Crippen molar-refractivity contribution in [2.24, 2.45) is 5.73 Å². The number of hydrogen-bond acceptors (Lipinski definition) is 3. The molecule has 3 nitrogen and oxygen atoms in total. The number of methoxy groups -OCH3 is 1. The van der Waals surface area contributed by atoms with E-state index in [4.69, 9.17) is 10.5 Å². The summed E-state index contributed by atoms with van der Waals surface area (Å²) in [6.45, 7) is 6.18. The molecule has 1 unspecified atom stereocenters. The summed E-state index contributed by atoms with van der Waals surface area (Å²) < 4.78 is 5.34. The van der Waals surface area contributed by atoms with Crippen molar-refractivity contribution in [3.8, 4) is 5.75 Å². The highest BCUT2D eigenvalue weighted by Crippen LogP contribution is 2.20. The molecule has 0 aliphatic heterocycles. The first-order valence-electron chi connectivity index (χ1n) is 6.66. The van der Waals surface area contributed by atoms with Gasteiger partial charge in [-0.15, -0.1) is 0 Å². The third-order valence-electron chi connectivity index (χ3n) is 3.11. The molecule has 102 valence electrons. The van der Waals surface area contributed by atoms with Crippen molar-refractivity contribution in [2.45, 2.75) is 32.7 Å². The molecule has 1 aromatic rings. The second-order valence-corrected chi connectivity index (χ2v) is 4.99. The van der Waals surface area contributed by atoms with E-state index in [1.807, 2.05) is 6.92 Å². The Morgan fingerprint density at radius 2 is 2.11 bits per heavy atom. The second kappa shape index (κ2) is 7.39. The fraction of sp³-hybridized carbons (Fsp3) is 0.600. The van der Waals surface area contributed by atoms with Crippen LogP contribution < -0.4 is 10.5 Å². The first kappa shape index (κ1) is 15.0. The van der Waals surface area contributed by atoms with Gasteiger partial charge in [0.05, 0.1) is 7.11 Å². The Balaban J connectivity index is 2.57. The molecule has 2 N–H and O–H groups in total. The van der Waals surface area contributed by atoms with Gasteiger partial charge < -0.3 is 15.4 Å². The van der Waals surface area contributed by atoms with Crippen molar-refractivity contribution in [3.63, 3.8) is 0 Å². The molecule has 0 heterocycles. The predicted molar refractivity (Wildman–Crippen MR) is 77.2 cm³/mol. The molecule has 18 heavy (non-hydrogen) atoms. The maximum Gasteiger partial charge on any atom is 0.122 e. The molecule has 0 saturated heterocycles. The van der Waals surface area contributed by atoms with Crippen molar-refractivity contribution in [3.05, 3.63) is 29.3 Å². The van der Waals surface area contributed by atoms with E-state index in [0.717, 1.165) is 31.7 Å². The van der Waals surface area contributed by atoms with Gasteiger partial charge in [-0.25, -0.2) is 0 Å². The lowest BCUT2D eigenvalue weighted by atomic mass is 10.0. The highest BCUT2D eigenvalue weighted by atomic mass is 16.5. The number of nitrogens with two attached hydrogens (primary N) is 1. The number of rotatable bonds is 7. The number of aryl methyl sites for hydroxylation is 1. The van der Waals surface area contributed by atoms with Crippen LogP contribution in [0.25, 0.3) is 0 Å². The lowest BCUT2D eigenvalue weighted by molar-refractivity contribution is 0.321. The standard InChI is InChI=1S/C15H26N2O/c1-5-14-10-13(6-7-15(14)18-4)8-9-17(3)11-12(2)16/h6-7,10,12H,5,8-9,11,16H2,1-4H3. The van der Waals surface area contributed by atoms with Gasteiger partial charge in [-0.1, -0.05) is 19.1 Å². The molecule has 0 aliphatic rings. The van der Waals surface area contributed by atoms with Gasteiger partial charge in [0.1, 0.15) is 5.75 Å². The van der Waals surface area contributed by atoms with Gasteiger partial charge in [-0.05, 0) is 44.0 Å². The van der Waals surface area contributed by atoms with E-state index < -0.39 is 0 Å². The van der Waals surface area contributed by atoms with Crippen LogP contribution in [0.4, 0.5) is 0 Å². The van der Waals surface area contributed by atoms with E-state index in [-0.39, 0.29) is 6.04 Å². The monoisotopic (exact) mass is 250 g/mol. The van der Waals surface area contributed by atoms with Crippen LogP contribution in [0, 0.1) is 0 Å². The van der Waals surface area contributed by atoms with Gasteiger partial charge >= 0.3 is 0 Å². The van der Waals surface area contributed by atoms with Crippen LogP contribution in [0.3, 0.4) is 0 Å². The quantitative estimate of drug-likeness (QED) is 0.805. The molecule has 0 fully saturated rings. The van der Waals surface area contributed by atoms with E-state index in [9.17, 15) is 0 Å². The number of hydrogen-bond donors (Lipinski definition) is 1. The van der Waals surface area contributed by atoms with Crippen LogP contribution in [0.15, 0.2) is 18.2 Å². The number of ether oxygens (including phenoxy) is 1. The molecule has 1 atom stereocenters. The van der Waals surface area contributed by atoms with Gasteiger partial charge in [-0.2, -0.15) is 0 Å². The summed E-state index contributed by atoms with van der Waals surface area (Å²) in [5, 5.41) is 0. The minimum absolute atomic E-state index is 0.233. The first-order chi connectivity index (χ1) is 8.56. The van der Waals surface area contributed by atoms with E-state index in [0.29, 0.717) is 0 Å². The van der Waals surface area contributed by atoms with Crippen LogP contribution in [0.1, 0.15) is 25.0 Å². The third kappa shape index (κ3) is 4.67. The molecule has 0 aromatic heterocycles. The summed E-state index contributed by atoms with van der Waals surface area (Å²) >= 11 is 0. The smallest absolute Gasteiger partial charge is 0.122 e. The first-order valence-corrected chi connectivity index (χ1v) is 6.66. The van der Waals surface area contributed by atoms with Gasteiger partial charge in [0.15, 0.2) is 0 Å². The molecule has 3 heteroatoms. The number of nitrogens with zero attached hydrogens (tertiary/aromatic N) is 1. The van der Waals surface area contributed by atoms with Crippen molar-refractivity contribution in [1.29, 1.82) is 0 Å². The average molecular weight is 250 g/mol. The molecule has 0 bridgehead atoms. The SMILES string of the molecule is CCc1cc(CCN(C)CC(C)N)ccc1OC. The van der Waals surface area contributed by atoms with E-state index in [1.165, 1.54) is 11.1 Å². The Labute approximate surface area is 111 Å². The van der Waals surface area contributed by atoms with Crippen molar-refractivity contribution in [2.75, 3.05) is 27.2 Å². The molecular weight excluding hydrogens is 224 g/mol. The minimum Gasteiger partial charge on any atom is -0.496 e. The summed E-state index contributed by atoms with van der Waals surface area (Å²) in [6, 6.07) is 6.70. The Kier molecular flexibility index (Phi) is 6.16.